The molecule has 3 N–H and O–H groups in total. The largest absolute Gasteiger partial charge is 0.365 e. The summed E-state index contributed by atoms with van der Waals surface area (Å²) in [5.74, 6) is -0.727. The Hall–Kier alpha value is -1.49. The van der Waals surface area contributed by atoms with Crippen LogP contribution in [0.4, 0.5) is 0 Å². The molecule has 19 heavy (non-hydrogen) atoms. The Morgan fingerprint density at radius 1 is 1.05 bits per heavy atom. The van der Waals surface area contributed by atoms with E-state index in [1.807, 2.05) is 0 Å². The molecule has 1 aromatic heterocycles. The van der Waals surface area contributed by atoms with Crippen molar-refractivity contribution in [1.29, 1.82) is 5.41 Å². The van der Waals surface area contributed by atoms with Crippen molar-refractivity contribution in [2.45, 2.75) is 0 Å². The third-order valence-electron chi connectivity index (χ3n) is 2.42. The fourth-order valence-corrected chi connectivity index (χ4v) is 2.35. The maximum absolute atomic E-state index is 11.3. The highest BCUT2D eigenvalue weighted by Gasteiger charge is 2.10. The van der Waals surface area contributed by atoms with E-state index in [1.54, 1.807) is 18.2 Å². The Morgan fingerprint density at radius 2 is 1.63 bits per heavy atom. The summed E-state index contributed by atoms with van der Waals surface area (Å²) in [6, 6.07) is 6.12. The van der Waals surface area contributed by atoms with E-state index in [0.29, 0.717) is 15.7 Å². The van der Waals surface area contributed by atoms with Gasteiger partial charge in [-0.3, -0.25) is 10.2 Å². The van der Waals surface area contributed by atoms with E-state index >= 15 is 0 Å². The van der Waals surface area contributed by atoms with Gasteiger partial charge in [0.05, 0.1) is 10.6 Å². The number of aromatic nitrogens is 1. The van der Waals surface area contributed by atoms with E-state index in [9.17, 15) is 4.79 Å². The van der Waals surface area contributed by atoms with Gasteiger partial charge in [-0.05, 0) is 24.3 Å². The molecule has 1 aromatic carbocycles. The number of nitrogens with zero attached hydrogens (tertiary/aromatic N) is 1. The van der Waals surface area contributed by atoms with Crippen molar-refractivity contribution in [2.24, 2.45) is 5.73 Å². The van der Waals surface area contributed by atoms with Crippen LogP contribution in [0, 0.1) is 5.41 Å². The van der Waals surface area contributed by atoms with Crippen LogP contribution in [0.25, 0.3) is 5.69 Å². The van der Waals surface area contributed by atoms with Gasteiger partial charge in [0, 0.05) is 21.9 Å². The molecule has 0 radical (unpaired) electrons. The van der Waals surface area contributed by atoms with E-state index in [1.165, 1.54) is 16.8 Å². The first-order chi connectivity index (χ1) is 8.88. The minimum Gasteiger partial charge on any atom is -0.365 e. The van der Waals surface area contributed by atoms with Crippen LogP contribution in [-0.4, -0.2) is 10.5 Å². The van der Waals surface area contributed by atoms with Crippen LogP contribution in [0.3, 0.4) is 0 Å². The maximum atomic E-state index is 11.3. The van der Waals surface area contributed by atoms with E-state index in [2.05, 4.69) is 0 Å². The zero-order chi connectivity index (χ0) is 14.2. The van der Waals surface area contributed by atoms with Gasteiger partial charge in [-0.25, -0.2) is 0 Å². The van der Waals surface area contributed by atoms with E-state index in [0.717, 1.165) is 0 Å². The molecular formula is C12H8Cl3N3O. The van der Waals surface area contributed by atoms with Crippen molar-refractivity contribution >= 4 is 40.7 Å². The van der Waals surface area contributed by atoms with Gasteiger partial charge in [0.15, 0.2) is 0 Å². The quantitative estimate of drug-likeness (QED) is 0.878. The number of hydrogen-bond donors (Lipinski definition) is 2. The summed E-state index contributed by atoms with van der Waals surface area (Å²) in [5.41, 5.74) is 5.66. The molecule has 7 heteroatoms. The predicted octanol–water partition coefficient (Wildman–Crippen LogP) is 3.02. The third-order valence-corrected chi connectivity index (χ3v) is 3.06. The second kappa shape index (κ2) is 5.25. The average molecular weight is 317 g/mol. The Labute approximate surface area is 123 Å². The lowest BCUT2D eigenvalue weighted by molar-refractivity contribution is 0.0998. The number of hydrogen-bond acceptors (Lipinski definition) is 2. The van der Waals surface area contributed by atoms with Gasteiger partial charge in [-0.2, -0.15) is 0 Å². The van der Waals surface area contributed by atoms with Gasteiger partial charge >= 0.3 is 0 Å². The maximum Gasteiger partial charge on any atom is 0.252 e. The molecule has 0 atom stereocenters. The lowest BCUT2D eigenvalue weighted by atomic mass is 10.2. The third kappa shape index (κ3) is 2.92. The molecule has 0 aliphatic heterocycles. The molecule has 98 valence electrons. The number of nitrogens with two attached hydrogens (primary N) is 1. The molecule has 0 aliphatic carbocycles. The second-order valence-corrected chi connectivity index (χ2v) is 5.09. The normalized spacial score (nSPS) is 10.5. The summed E-state index contributed by atoms with van der Waals surface area (Å²) >= 11 is 17.7. The molecule has 0 spiro atoms. The molecule has 0 fully saturated rings. The number of halogens is 3. The van der Waals surface area contributed by atoms with Crippen LogP contribution in [0.2, 0.25) is 15.1 Å². The molecule has 2 aromatic rings. The van der Waals surface area contributed by atoms with Crippen molar-refractivity contribution in [3.05, 3.63) is 56.6 Å². The molecule has 2 rings (SSSR count). The lowest BCUT2D eigenvalue weighted by Gasteiger charge is -2.10. The SMILES string of the molecule is N=c1c(C(N)=O)cc(Cl)cn1-c1cc(Cl)cc(Cl)c1. The predicted molar refractivity (Wildman–Crippen MR) is 75.2 cm³/mol. The van der Waals surface area contributed by atoms with E-state index in [-0.39, 0.29) is 16.1 Å². The van der Waals surface area contributed by atoms with Gasteiger partial charge in [-0.15, -0.1) is 0 Å². The van der Waals surface area contributed by atoms with Crippen LogP contribution in [0.5, 0.6) is 0 Å². The first kappa shape index (κ1) is 13.9. The van der Waals surface area contributed by atoms with Crippen molar-refractivity contribution in [3.8, 4) is 5.69 Å². The summed E-state index contributed by atoms with van der Waals surface area (Å²) in [6.07, 6.45) is 1.48. The number of benzene rings is 1. The fourth-order valence-electron chi connectivity index (χ4n) is 1.63. The zero-order valence-electron chi connectivity index (χ0n) is 9.45. The van der Waals surface area contributed by atoms with Crippen molar-refractivity contribution < 1.29 is 4.79 Å². The minimum atomic E-state index is -0.727. The van der Waals surface area contributed by atoms with E-state index < -0.39 is 5.91 Å². The Kier molecular flexibility index (Phi) is 3.85. The molecular weight excluding hydrogens is 309 g/mol. The van der Waals surface area contributed by atoms with Crippen LogP contribution >= 0.6 is 34.8 Å². The van der Waals surface area contributed by atoms with Gasteiger partial charge in [-0.1, -0.05) is 34.8 Å². The van der Waals surface area contributed by atoms with Gasteiger partial charge in [0.1, 0.15) is 5.49 Å². The monoisotopic (exact) mass is 315 g/mol. The number of carbonyl (C=O) groups excluding carboxylic acids is 1. The summed E-state index contributed by atoms with van der Waals surface area (Å²) in [4.78, 5) is 11.3. The van der Waals surface area contributed by atoms with Crippen LogP contribution in [0.15, 0.2) is 30.5 Å². The molecule has 0 aliphatic rings. The number of carbonyl (C=O) groups is 1. The highest BCUT2D eigenvalue weighted by molar-refractivity contribution is 6.35. The lowest BCUT2D eigenvalue weighted by Crippen LogP contribution is -2.28. The van der Waals surface area contributed by atoms with Crippen LogP contribution < -0.4 is 11.2 Å². The first-order valence-corrected chi connectivity index (χ1v) is 6.25. The van der Waals surface area contributed by atoms with Gasteiger partial charge in [0.2, 0.25) is 0 Å². The Balaban J connectivity index is 2.75. The summed E-state index contributed by atoms with van der Waals surface area (Å²) in [7, 11) is 0. The Morgan fingerprint density at radius 3 is 2.16 bits per heavy atom. The van der Waals surface area contributed by atoms with Crippen molar-refractivity contribution in [2.75, 3.05) is 0 Å². The highest BCUT2D eigenvalue weighted by Crippen LogP contribution is 2.22. The zero-order valence-corrected chi connectivity index (χ0v) is 11.7. The van der Waals surface area contributed by atoms with Crippen LogP contribution in [0.1, 0.15) is 10.4 Å². The number of nitrogens with one attached hydrogen (secondary N) is 1. The average Bonchev–Trinajstić information content (AvgIpc) is 2.30. The summed E-state index contributed by atoms with van der Waals surface area (Å²) in [5, 5.41) is 9.07. The molecule has 1 amide bonds. The van der Waals surface area contributed by atoms with Gasteiger partial charge < -0.3 is 10.3 Å². The van der Waals surface area contributed by atoms with Crippen molar-refractivity contribution in [3.63, 3.8) is 0 Å². The van der Waals surface area contributed by atoms with Crippen LogP contribution in [-0.2, 0) is 0 Å². The molecule has 4 nitrogen and oxygen atoms in total. The molecule has 0 unspecified atom stereocenters. The second-order valence-electron chi connectivity index (χ2n) is 3.78. The van der Waals surface area contributed by atoms with Gasteiger partial charge in [0.25, 0.3) is 5.91 Å². The van der Waals surface area contributed by atoms with E-state index in [4.69, 9.17) is 45.9 Å². The molecule has 0 saturated heterocycles. The number of primary amides is 1. The number of rotatable bonds is 2. The molecule has 1 heterocycles. The molecule has 0 saturated carbocycles. The fraction of sp³-hybridized carbons (Fsp3) is 0. The smallest absolute Gasteiger partial charge is 0.252 e. The summed E-state index contributed by atoms with van der Waals surface area (Å²) < 4.78 is 1.39. The standard InChI is InChI=1S/C12H8Cl3N3O/c13-6-1-7(14)3-9(2-6)18-5-8(15)4-10(11(18)16)12(17)19/h1-5,16H,(H2,17,19). The topological polar surface area (TPSA) is 71.9 Å². The molecule has 0 bridgehead atoms. The summed E-state index contributed by atoms with van der Waals surface area (Å²) in [6.45, 7) is 0. The Bertz CT molecular complexity index is 704. The minimum absolute atomic E-state index is 0.0172. The highest BCUT2D eigenvalue weighted by atomic mass is 35.5. The first-order valence-electron chi connectivity index (χ1n) is 5.11. The number of amides is 1. The van der Waals surface area contributed by atoms with Crippen molar-refractivity contribution in [1.82, 2.24) is 4.57 Å². The number of pyridine rings is 1.